The van der Waals surface area contributed by atoms with Crippen LogP contribution in [0.15, 0.2) is 36.4 Å². The minimum Gasteiger partial charge on any atom is -0.462 e. The van der Waals surface area contributed by atoms with Gasteiger partial charge in [-0.2, -0.15) is 0 Å². The summed E-state index contributed by atoms with van der Waals surface area (Å²) in [5.74, 6) is -1.22. The molecule has 0 radical (unpaired) electrons. The maximum Gasteiger partial charge on any atom is 0.340 e. The molecule has 2 rings (SSSR count). The SMILES string of the molecule is CCOC(=O)c1ccccc1N(CC(=O)Nc1c(C)cc(C)cc1C)C(C)=O. The van der Waals surface area contributed by atoms with Crippen molar-refractivity contribution >= 4 is 29.2 Å². The second-order valence-corrected chi connectivity index (χ2v) is 6.66. The molecular formula is C22H26N2O4. The molecular weight excluding hydrogens is 356 g/mol. The van der Waals surface area contributed by atoms with Crippen LogP contribution in [0.25, 0.3) is 0 Å². The van der Waals surface area contributed by atoms with Gasteiger partial charge >= 0.3 is 5.97 Å². The van der Waals surface area contributed by atoms with Gasteiger partial charge in [0, 0.05) is 12.6 Å². The number of carbonyl (C=O) groups is 3. The van der Waals surface area contributed by atoms with Crippen LogP contribution < -0.4 is 10.2 Å². The van der Waals surface area contributed by atoms with Crippen molar-refractivity contribution in [3.63, 3.8) is 0 Å². The molecule has 148 valence electrons. The van der Waals surface area contributed by atoms with Crippen LogP contribution in [0, 0.1) is 20.8 Å². The zero-order chi connectivity index (χ0) is 20.8. The summed E-state index contributed by atoms with van der Waals surface area (Å²) in [6, 6.07) is 10.6. The van der Waals surface area contributed by atoms with Crippen LogP contribution in [0.3, 0.4) is 0 Å². The summed E-state index contributed by atoms with van der Waals surface area (Å²) in [6.07, 6.45) is 0. The fraction of sp³-hybridized carbons (Fsp3) is 0.318. The Kier molecular flexibility index (Phi) is 6.93. The highest BCUT2D eigenvalue weighted by Crippen LogP contribution is 2.24. The maximum atomic E-state index is 12.7. The number of rotatable bonds is 6. The molecule has 2 aromatic carbocycles. The summed E-state index contributed by atoms with van der Waals surface area (Å²) in [5.41, 5.74) is 4.34. The van der Waals surface area contributed by atoms with Crippen molar-refractivity contribution in [1.29, 1.82) is 0 Å². The number of amides is 2. The van der Waals surface area contributed by atoms with E-state index in [1.165, 1.54) is 11.8 Å². The van der Waals surface area contributed by atoms with E-state index in [9.17, 15) is 14.4 Å². The molecule has 0 heterocycles. The average Bonchev–Trinajstić information content (AvgIpc) is 2.62. The molecule has 0 aliphatic carbocycles. The van der Waals surface area contributed by atoms with Gasteiger partial charge in [0.15, 0.2) is 0 Å². The van der Waals surface area contributed by atoms with Crippen molar-refractivity contribution in [2.75, 3.05) is 23.4 Å². The Bertz CT molecular complexity index is 882. The van der Waals surface area contributed by atoms with Crippen molar-refractivity contribution in [2.45, 2.75) is 34.6 Å². The molecule has 0 bridgehead atoms. The van der Waals surface area contributed by atoms with Crippen LogP contribution in [0.1, 0.15) is 40.9 Å². The van der Waals surface area contributed by atoms with Crippen LogP contribution in [0.2, 0.25) is 0 Å². The van der Waals surface area contributed by atoms with Crippen LogP contribution in [0.4, 0.5) is 11.4 Å². The molecule has 0 unspecified atom stereocenters. The molecule has 0 saturated heterocycles. The minimum atomic E-state index is -0.532. The monoisotopic (exact) mass is 382 g/mol. The predicted octanol–water partition coefficient (Wildman–Crippen LogP) is 3.78. The summed E-state index contributed by atoms with van der Waals surface area (Å²) < 4.78 is 5.06. The van der Waals surface area contributed by atoms with E-state index >= 15 is 0 Å². The fourth-order valence-electron chi connectivity index (χ4n) is 3.16. The van der Waals surface area contributed by atoms with E-state index in [0.717, 1.165) is 22.4 Å². The third-order valence-electron chi connectivity index (χ3n) is 4.31. The van der Waals surface area contributed by atoms with Gasteiger partial charge in [-0.05, 0) is 51.0 Å². The molecule has 0 fully saturated rings. The molecule has 2 aromatic rings. The first kappa shape index (κ1) is 21.2. The number of benzene rings is 2. The van der Waals surface area contributed by atoms with E-state index in [0.29, 0.717) is 5.69 Å². The zero-order valence-corrected chi connectivity index (χ0v) is 17.0. The molecule has 0 aliphatic heterocycles. The second kappa shape index (κ2) is 9.17. The first-order chi connectivity index (χ1) is 13.2. The van der Waals surface area contributed by atoms with Crippen molar-refractivity contribution in [2.24, 2.45) is 0 Å². The highest BCUT2D eigenvalue weighted by Gasteiger charge is 2.22. The summed E-state index contributed by atoms with van der Waals surface area (Å²) in [4.78, 5) is 38.4. The second-order valence-electron chi connectivity index (χ2n) is 6.66. The summed E-state index contributed by atoms with van der Waals surface area (Å²) in [5, 5.41) is 2.89. The number of carbonyl (C=O) groups excluding carboxylic acids is 3. The smallest absolute Gasteiger partial charge is 0.340 e. The van der Waals surface area contributed by atoms with Gasteiger partial charge in [0.2, 0.25) is 11.8 Å². The number of esters is 1. The van der Waals surface area contributed by atoms with Crippen LogP contribution in [0.5, 0.6) is 0 Å². The third-order valence-corrected chi connectivity index (χ3v) is 4.31. The zero-order valence-electron chi connectivity index (χ0n) is 17.0. The Morgan fingerprint density at radius 3 is 2.21 bits per heavy atom. The van der Waals surface area contributed by atoms with Crippen LogP contribution >= 0.6 is 0 Å². The number of hydrogen-bond acceptors (Lipinski definition) is 4. The molecule has 1 N–H and O–H groups in total. The first-order valence-electron chi connectivity index (χ1n) is 9.16. The standard InChI is InChI=1S/C22H26N2O4/c1-6-28-22(27)18-9-7-8-10-19(18)24(17(5)25)13-20(26)23-21-15(3)11-14(2)12-16(21)4/h7-12H,6,13H2,1-5H3,(H,23,26). The molecule has 0 spiro atoms. The summed E-state index contributed by atoms with van der Waals surface area (Å²) >= 11 is 0. The Balaban J connectivity index is 2.29. The average molecular weight is 382 g/mol. The Morgan fingerprint density at radius 2 is 1.64 bits per heavy atom. The number of nitrogens with one attached hydrogen (secondary N) is 1. The van der Waals surface area contributed by atoms with Gasteiger partial charge in [0.25, 0.3) is 0 Å². The van der Waals surface area contributed by atoms with Crippen molar-refractivity contribution in [3.8, 4) is 0 Å². The molecule has 28 heavy (non-hydrogen) atoms. The van der Waals surface area contributed by atoms with E-state index in [4.69, 9.17) is 4.74 Å². The molecule has 6 nitrogen and oxygen atoms in total. The number of nitrogens with zero attached hydrogens (tertiary/aromatic N) is 1. The van der Waals surface area contributed by atoms with Crippen LogP contribution in [-0.2, 0) is 14.3 Å². The maximum absolute atomic E-state index is 12.7. The Hall–Kier alpha value is -3.15. The topological polar surface area (TPSA) is 75.7 Å². The van der Waals surface area contributed by atoms with Gasteiger partial charge in [-0.3, -0.25) is 9.59 Å². The Morgan fingerprint density at radius 1 is 1.04 bits per heavy atom. The van der Waals surface area contributed by atoms with Gasteiger partial charge in [-0.25, -0.2) is 4.79 Å². The van der Waals surface area contributed by atoms with Gasteiger partial charge in [-0.1, -0.05) is 29.8 Å². The van der Waals surface area contributed by atoms with Gasteiger partial charge in [0.05, 0.1) is 17.9 Å². The predicted molar refractivity (Wildman–Crippen MR) is 110 cm³/mol. The minimum absolute atomic E-state index is 0.210. The lowest BCUT2D eigenvalue weighted by molar-refractivity contribution is -0.120. The molecule has 6 heteroatoms. The highest BCUT2D eigenvalue weighted by atomic mass is 16.5. The number of ether oxygens (including phenoxy) is 1. The van der Waals surface area contributed by atoms with Gasteiger partial charge in [0.1, 0.15) is 6.54 Å². The first-order valence-corrected chi connectivity index (χ1v) is 9.16. The summed E-state index contributed by atoms with van der Waals surface area (Å²) in [7, 11) is 0. The van der Waals surface area contributed by atoms with E-state index < -0.39 is 5.97 Å². The van der Waals surface area contributed by atoms with Crippen molar-refractivity contribution in [3.05, 3.63) is 58.7 Å². The van der Waals surface area contributed by atoms with Gasteiger partial charge in [-0.15, -0.1) is 0 Å². The molecule has 2 amide bonds. The fourth-order valence-corrected chi connectivity index (χ4v) is 3.16. The molecule has 0 aromatic heterocycles. The number of anilines is 2. The Labute approximate surface area is 165 Å². The largest absolute Gasteiger partial charge is 0.462 e. The number of hydrogen-bond donors (Lipinski definition) is 1. The third kappa shape index (κ3) is 4.97. The molecule has 0 atom stereocenters. The van der Waals surface area contributed by atoms with E-state index in [1.807, 2.05) is 32.9 Å². The lowest BCUT2D eigenvalue weighted by atomic mass is 10.1. The van der Waals surface area contributed by atoms with E-state index in [1.54, 1.807) is 31.2 Å². The molecule has 0 aliphatic rings. The normalized spacial score (nSPS) is 10.3. The van der Waals surface area contributed by atoms with E-state index in [2.05, 4.69) is 5.32 Å². The number of para-hydroxylation sites is 1. The highest BCUT2D eigenvalue weighted by molar-refractivity contribution is 6.06. The van der Waals surface area contributed by atoms with E-state index in [-0.39, 0.29) is 30.5 Å². The lowest BCUT2D eigenvalue weighted by Crippen LogP contribution is -2.37. The van der Waals surface area contributed by atoms with Crippen molar-refractivity contribution < 1.29 is 19.1 Å². The quantitative estimate of drug-likeness (QED) is 0.772. The van der Waals surface area contributed by atoms with Gasteiger partial charge < -0.3 is 15.0 Å². The molecule has 0 saturated carbocycles. The van der Waals surface area contributed by atoms with Crippen molar-refractivity contribution in [1.82, 2.24) is 0 Å². The number of aryl methyl sites for hydroxylation is 3. The summed E-state index contributed by atoms with van der Waals surface area (Å²) in [6.45, 7) is 8.93. The van der Waals surface area contributed by atoms with Crippen LogP contribution in [-0.4, -0.2) is 30.9 Å². The lowest BCUT2D eigenvalue weighted by Gasteiger charge is -2.23.